The number of hydrogen-bond acceptors (Lipinski definition) is 4. The normalized spacial score (nSPS) is 27.4. The lowest BCUT2D eigenvalue weighted by molar-refractivity contribution is 0.0669. The summed E-state index contributed by atoms with van der Waals surface area (Å²) in [5.41, 5.74) is -0.402. The molecule has 20 heavy (non-hydrogen) atoms. The zero-order valence-electron chi connectivity index (χ0n) is 11.5. The first kappa shape index (κ1) is 13.7. The third kappa shape index (κ3) is 2.26. The van der Waals surface area contributed by atoms with Crippen LogP contribution in [-0.2, 0) is 4.74 Å². The third-order valence-corrected chi connectivity index (χ3v) is 4.69. The number of amides is 1. The van der Waals surface area contributed by atoms with Gasteiger partial charge in [0, 0.05) is 6.20 Å². The fraction of sp³-hybridized carbons (Fsp3) is 0.571. The van der Waals surface area contributed by atoms with Crippen LogP contribution < -0.4 is 4.74 Å². The van der Waals surface area contributed by atoms with Gasteiger partial charge in [-0.3, -0.25) is 9.88 Å². The molecule has 108 valence electrons. The lowest BCUT2D eigenvalue weighted by Crippen LogP contribution is -2.42. The Morgan fingerprint density at radius 1 is 1.55 bits per heavy atom. The summed E-state index contributed by atoms with van der Waals surface area (Å²) >= 11 is 3.42. The summed E-state index contributed by atoms with van der Waals surface area (Å²) in [4.78, 5) is 17.9. The number of fused-ring (bicyclic) bond motifs is 1. The maximum absolute atomic E-state index is 12.0. The monoisotopic (exact) mass is 340 g/mol. The molecule has 2 atom stereocenters. The summed E-state index contributed by atoms with van der Waals surface area (Å²) in [5, 5.41) is 0. The number of cyclic esters (lactones) is 1. The van der Waals surface area contributed by atoms with Gasteiger partial charge < -0.3 is 9.47 Å². The number of carbonyl (C=O) groups excluding carboxylic acids is 1. The molecule has 1 aromatic rings. The predicted molar refractivity (Wildman–Crippen MR) is 76.6 cm³/mol. The van der Waals surface area contributed by atoms with E-state index in [1.807, 2.05) is 24.8 Å². The number of nitrogens with zero attached hydrogens (tertiary/aromatic N) is 2. The quantitative estimate of drug-likeness (QED) is 0.848. The minimum Gasteiger partial charge on any atom is -0.489 e. The van der Waals surface area contributed by atoms with E-state index in [1.165, 1.54) is 0 Å². The van der Waals surface area contributed by atoms with Crippen molar-refractivity contribution in [3.8, 4) is 5.75 Å². The van der Waals surface area contributed by atoms with Crippen LogP contribution in [0.15, 0.2) is 22.9 Å². The highest BCUT2D eigenvalue weighted by molar-refractivity contribution is 9.10. The molecule has 1 unspecified atom stereocenters. The maximum Gasteiger partial charge on any atom is 0.411 e. The molecule has 1 amide bonds. The van der Waals surface area contributed by atoms with Crippen LogP contribution in [0, 0.1) is 0 Å². The van der Waals surface area contributed by atoms with Crippen LogP contribution in [0.4, 0.5) is 4.79 Å². The van der Waals surface area contributed by atoms with Gasteiger partial charge in [-0.15, -0.1) is 0 Å². The smallest absolute Gasteiger partial charge is 0.411 e. The topological polar surface area (TPSA) is 51.7 Å². The Kier molecular flexibility index (Phi) is 3.36. The van der Waals surface area contributed by atoms with Crippen molar-refractivity contribution < 1.29 is 14.3 Å². The molecule has 0 saturated carbocycles. The molecule has 1 aromatic heterocycles. The first-order chi connectivity index (χ1) is 9.49. The van der Waals surface area contributed by atoms with Crippen molar-refractivity contribution in [1.29, 1.82) is 0 Å². The molecule has 2 aliphatic heterocycles. The second-order valence-corrected chi connectivity index (χ2v) is 6.60. The van der Waals surface area contributed by atoms with Crippen LogP contribution >= 0.6 is 15.9 Å². The molecular formula is C14H17BrN2O3. The molecule has 0 spiro atoms. The van der Waals surface area contributed by atoms with Crippen LogP contribution in [-0.4, -0.2) is 40.3 Å². The van der Waals surface area contributed by atoms with Gasteiger partial charge in [0.1, 0.15) is 12.2 Å². The molecule has 2 saturated heterocycles. The van der Waals surface area contributed by atoms with Crippen molar-refractivity contribution >= 4 is 22.0 Å². The summed E-state index contributed by atoms with van der Waals surface area (Å²) in [7, 11) is 0. The molecule has 2 fully saturated rings. The lowest BCUT2D eigenvalue weighted by Gasteiger charge is -2.25. The predicted octanol–water partition coefficient (Wildman–Crippen LogP) is 2.98. The fourth-order valence-electron chi connectivity index (χ4n) is 3.01. The van der Waals surface area contributed by atoms with Crippen LogP contribution in [0.1, 0.15) is 26.7 Å². The van der Waals surface area contributed by atoms with Gasteiger partial charge in [0.15, 0.2) is 5.75 Å². The number of pyridine rings is 1. The second kappa shape index (κ2) is 4.91. The van der Waals surface area contributed by atoms with Gasteiger partial charge in [-0.2, -0.15) is 0 Å². The molecule has 0 N–H and O–H groups in total. The van der Waals surface area contributed by atoms with Crippen molar-refractivity contribution in [1.82, 2.24) is 9.88 Å². The van der Waals surface area contributed by atoms with Gasteiger partial charge in [-0.05, 0) is 48.7 Å². The number of halogens is 1. The van der Waals surface area contributed by atoms with Crippen molar-refractivity contribution in [3.63, 3.8) is 0 Å². The largest absolute Gasteiger partial charge is 0.489 e. The van der Waals surface area contributed by atoms with Gasteiger partial charge in [0.2, 0.25) is 0 Å². The average Bonchev–Trinajstić information content (AvgIpc) is 2.90. The third-order valence-electron chi connectivity index (χ3n) is 4.03. The van der Waals surface area contributed by atoms with Crippen molar-refractivity contribution in [3.05, 3.63) is 22.9 Å². The Labute approximate surface area is 126 Å². The van der Waals surface area contributed by atoms with E-state index in [0.717, 1.165) is 17.3 Å². The van der Waals surface area contributed by atoms with E-state index in [0.29, 0.717) is 12.4 Å². The number of rotatable bonds is 3. The zero-order chi connectivity index (χ0) is 14.3. The highest BCUT2D eigenvalue weighted by Gasteiger charge is 2.53. The van der Waals surface area contributed by atoms with Gasteiger partial charge >= 0.3 is 6.09 Å². The second-order valence-electron chi connectivity index (χ2n) is 5.74. The SMILES string of the molecule is CC1(C)OC(=O)N2C1CC[C@H]2COc1cnccc1Br. The van der Waals surface area contributed by atoms with E-state index in [4.69, 9.17) is 9.47 Å². The van der Waals surface area contributed by atoms with Crippen LogP contribution in [0.25, 0.3) is 0 Å². The molecule has 6 heteroatoms. The Bertz CT molecular complexity index is 535. The van der Waals surface area contributed by atoms with Crippen LogP contribution in [0.2, 0.25) is 0 Å². The Morgan fingerprint density at radius 3 is 3.10 bits per heavy atom. The Morgan fingerprint density at radius 2 is 2.35 bits per heavy atom. The standard InChI is InChI=1S/C14H17BrN2O3/c1-14(2)12-4-3-9(17(12)13(18)20-14)8-19-11-7-16-6-5-10(11)15/h5-7,9,12H,3-4,8H2,1-2H3/t9-,12?/m0/s1. The van der Waals surface area contributed by atoms with Gasteiger partial charge in [-0.1, -0.05) is 0 Å². The number of ether oxygens (including phenoxy) is 2. The molecule has 0 aromatic carbocycles. The van der Waals surface area contributed by atoms with E-state index in [-0.39, 0.29) is 18.2 Å². The molecule has 3 rings (SSSR count). The van der Waals surface area contributed by atoms with E-state index >= 15 is 0 Å². The summed E-state index contributed by atoms with van der Waals surface area (Å²) in [6.07, 6.45) is 5.05. The summed E-state index contributed by atoms with van der Waals surface area (Å²) < 4.78 is 12.1. The van der Waals surface area contributed by atoms with E-state index in [9.17, 15) is 4.79 Å². The zero-order valence-corrected chi connectivity index (χ0v) is 13.1. The summed E-state index contributed by atoms with van der Waals surface area (Å²) in [5.74, 6) is 0.697. The van der Waals surface area contributed by atoms with E-state index in [2.05, 4.69) is 20.9 Å². The van der Waals surface area contributed by atoms with E-state index < -0.39 is 5.60 Å². The van der Waals surface area contributed by atoms with Crippen LogP contribution in [0.3, 0.4) is 0 Å². The highest BCUT2D eigenvalue weighted by Crippen LogP contribution is 2.40. The summed E-state index contributed by atoms with van der Waals surface area (Å²) in [6.45, 7) is 4.40. The van der Waals surface area contributed by atoms with Crippen molar-refractivity contribution in [2.75, 3.05) is 6.61 Å². The number of hydrogen-bond donors (Lipinski definition) is 0. The first-order valence-electron chi connectivity index (χ1n) is 6.72. The number of carbonyl (C=O) groups is 1. The molecule has 5 nitrogen and oxygen atoms in total. The fourth-order valence-corrected chi connectivity index (χ4v) is 3.34. The van der Waals surface area contributed by atoms with Gasteiger partial charge in [-0.25, -0.2) is 4.79 Å². The first-order valence-corrected chi connectivity index (χ1v) is 7.52. The molecule has 2 aliphatic rings. The van der Waals surface area contributed by atoms with Crippen LogP contribution in [0.5, 0.6) is 5.75 Å². The summed E-state index contributed by atoms with van der Waals surface area (Å²) in [6, 6.07) is 2.06. The van der Waals surface area contributed by atoms with E-state index in [1.54, 1.807) is 12.4 Å². The Hall–Kier alpha value is -1.30. The van der Waals surface area contributed by atoms with Gasteiger partial charge in [0.05, 0.1) is 22.8 Å². The average molecular weight is 341 g/mol. The maximum atomic E-state index is 12.0. The van der Waals surface area contributed by atoms with Crippen molar-refractivity contribution in [2.45, 2.75) is 44.4 Å². The molecule has 3 heterocycles. The molecular weight excluding hydrogens is 324 g/mol. The van der Waals surface area contributed by atoms with Gasteiger partial charge in [0.25, 0.3) is 0 Å². The number of aromatic nitrogens is 1. The highest BCUT2D eigenvalue weighted by atomic mass is 79.9. The Balaban J connectivity index is 1.68. The lowest BCUT2D eigenvalue weighted by atomic mass is 9.98. The molecule has 0 radical (unpaired) electrons. The molecule has 0 bridgehead atoms. The minimum absolute atomic E-state index is 0.0707. The minimum atomic E-state index is -0.402. The van der Waals surface area contributed by atoms with Crippen molar-refractivity contribution in [2.24, 2.45) is 0 Å². The molecule has 0 aliphatic carbocycles.